The SMILES string of the molecule is O=C(Cn1ccc2ccccc21)N1CC2CC(C1)c1ccc(N([O-])O)c(=O)n1C2. The summed E-state index contributed by atoms with van der Waals surface area (Å²) in [5.41, 5.74) is 1.10. The van der Waals surface area contributed by atoms with E-state index in [9.17, 15) is 14.8 Å². The molecule has 1 fully saturated rings. The van der Waals surface area contributed by atoms with Gasteiger partial charge in [0.1, 0.15) is 12.2 Å². The summed E-state index contributed by atoms with van der Waals surface area (Å²) in [6, 6.07) is 13.1. The van der Waals surface area contributed by atoms with Gasteiger partial charge in [0, 0.05) is 43.0 Å². The summed E-state index contributed by atoms with van der Waals surface area (Å²) in [6.45, 7) is 1.87. The van der Waals surface area contributed by atoms with Crippen molar-refractivity contribution in [2.45, 2.75) is 25.4 Å². The second-order valence-electron chi connectivity index (χ2n) is 7.93. The van der Waals surface area contributed by atoms with E-state index in [0.717, 1.165) is 23.0 Å². The van der Waals surface area contributed by atoms with E-state index in [0.29, 0.717) is 19.6 Å². The van der Waals surface area contributed by atoms with Gasteiger partial charge in [-0.25, -0.2) is 0 Å². The maximum absolute atomic E-state index is 13.0. The van der Waals surface area contributed by atoms with Crippen LogP contribution < -0.4 is 10.8 Å². The van der Waals surface area contributed by atoms with Crippen LogP contribution in [-0.4, -0.2) is 38.2 Å². The Balaban J connectivity index is 1.38. The van der Waals surface area contributed by atoms with E-state index in [1.165, 1.54) is 6.07 Å². The average Bonchev–Trinajstić information content (AvgIpc) is 3.11. The number of amides is 1. The molecule has 2 aliphatic heterocycles. The highest BCUT2D eigenvalue weighted by Gasteiger charge is 2.36. The summed E-state index contributed by atoms with van der Waals surface area (Å²) in [4.78, 5) is 27.4. The van der Waals surface area contributed by atoms with Crippen molar-refractivity contribution >= 4 is 22.5 Å². The molecule has 150 valence electrons. The van der Waals surface area contributed by atoms with Gasteiger partial charge < -0.3 is 24.5 Å². The molecule has 1 saturated heterocycles. The van der Waals surface area contributed by atoms with Gasteiger partial charge >= 0.3 is 0 Å². The molecule has 29 heavy (non-hydrogen) atoms. The van der Waals surface area contributed by atoms with Gasteiger partial charge in [0.05, 0.1) is 0 Å². The number of hydrogen-bond donors (Lipinski definition) is 1. The normalized spacial score (nSPS) is 20.6. The van der Waals surface area contributed by atoms with Gasteiger partial charge in [-0.1, -0.05) is 18.2 Å². The first kappa shape index (κ1) is 18.0. The van der Waals surface area contributed by atoms with Gasteiger partial charge in [-0.2, -0.15) is 0 Å². The largest absolute Gasteiger partial charge is 0.733 e. The van der Waals surface area contributed by atoms with Gasteiger partial charge in [0.15, 0.2) is 0 Å². The second-order valence-corrected chi connectivity index (χ2v) is 7.93. The van der Waals surface area contributed by atoms with Crippen molar-refractivity contribution in [1.29, 1.82) is 0 Å². The Labute approximate surface area is 166 Å². The van der Waals surface area contributed by atoms with E-state index in [1.54, 1.807) is 10.6 Å². The zero-order valence-electron chi connectivity index (χ0n) is 15.8. The summed E-state index contributed by atoms with van der Waals surface area (Å²) in [7, 11) is 0. The summed E-state index contributed by atoms with van der Waals surface area (Å²) in [5.74, 6) is 0.265. The molecule has 2 bridgehead atoms. The summed E-state index contributed by atoms with van der Waals surface area (Å²) < 4.78 is 3.55. The van der Waals surface area contributed by atoms with Crippen molar-refractivity contribution in [3.63, 3.8) is 0 Å². The van der Waals surface area contributed by atoms with E-state index in [4.69, 9.17) is 5.21 Å². The zero-order valence-corrected chi connectivity index (χ0v) is 15.8. The maximum Gasteiger partial charge on any atom is 0.275 e. The minimum absolute atomic E-state index is 0.0494. The Morgan fingerprint density at radius 2 is 1.97 bits per heavy atom. The fourth-order valence-electron chi connectivity index (χ4n) is 4.81. The first-order valence-electron chi connectivity index (χ1n) is 9.73. The fourth-order valence-corrected chi connectivity index (χ4v) is 4.81. The number of carbonyl (C=O) groups excluding carboxylic acids is 1. The number of likely N-dealkylation sites (tertiary alicyclic amines) is 1. The minimum atomic E-state index is -0.478. The molecule has 0 aliphatic carbocycles. The first-order chi connectivity index (χ1) is 14.0. The predicted octanol–water partition coefficient (Wildman–Crippen LogP) is 2.14. The fraction of sp³-hybridized carbons (Fsp3) is 0.333. The third-order valence-electron chi connectivity index (χ3n) is 6.13. The maximum atomic E-state index is 13.0. The number of aromatic nitrogens is 2. The molecule has 1 amide bonds. The standard InChI is InChI=1S/C21H21N4O4/c26-20(13-22-8-7-15-3-1-2-4-17(15)22)23-10-14-9-16(12-23)18-5-6-19(25(28)29)21(27)24(18)11-14/h1-8,14,16,28H,9-13H2/q-1. The average molecular weight is 393 g/mol. The Morgan fingerprint density at radius 1 is 1.14 bits per heavy atom. The number of para-hydroxylation sites is 1. The summed E-state index contributed by atoms with van der Waals surface area (Å²) in [5, 5.41) is 21.0. The van der Waals surface area contributed by atoms with Gasteiger partial charge in [-0.15, -0.1) is 0 Å². The van der Waals surface area contributed by atoms with E-state index in [-0.39, 0.29) is 35.2 Å². The van der Waals surface area contributed by atoms with Crippen molar-refractivity contribution in [1.82, 2.24) is 14.0 Å². The lowest BCUT2D eigenvalue weighted by molar-refractivity contribution is -0.134. The topological polar surface area (TPSA) is 93.8 Å². The molecule has 0 saturated carbocycles. The number of carbonyl (C=O) groups is 1. The van der Waals surface area contributed by atoms with Crippen molar-refractivity contribution in [2.75, 3.05) is 18.3 Å². The van der Waals surface area contributed by atoms with E-state index < -0.39 is 5.56 Å². The smallest absolute Gasteiger partial charge is 0.275 e. The van der Waals surface area contributed by atoms with E-state index in [2.05, 4.69) is 0 Å². The van der Waals surface area contributed by atoms with Crippen LogP contribution in [0.1, 0.15) is 18.0 Å². The molecule has 1 N–H and O–H groups in total. The number of fused-ring (bicyclic) bond motifs is 5. The molecular formula is C21H21N4O4-. The quantitative estimate of drug-likeness (QED) is 0.688. The molecule has 2 unspecified atom stereocenters. The van der Waals surface area contributed by atoms with Crippen LogP contribution in [0.2, 0.25) is 0 Å². The van der Waals surface area contributed by atoms with Crippen molar-refractivity contribution in [3.8, 4) is 0 Å². The minimum Gasteiger partial charge on any atom is -0.733 e. The monoisotopic (exact) mass is 393 g/mol. The predicted molar refractivity (Wildman–Crippen MR) is 108 cm³/mol. The van der Waals surface area contributed by atoms with Crippen LogP contribution in [0.3, 0.4) is 0 Å². The highest BCUT2D eigenvalue weighted by molar-refractivity contribution is 5.83. The number of hydrogen-bond acceptors (Lipinski definition) is 5. The van der Waals surface area contributed by atoms with Crippen LogP contribution in [0, 0.1) is 11.1 Å². The van der Waals surface area contributed by atoms with Crippen LogP contribution in [0.4, 0.5) is 5.69 Å². The molecule has 3 aromatic rings. The van der Waals surface area contributed by atoms with Crippen LogP contribution in [-0.2, 0) is 17.9 Å². The highest BCUT2D eigenvalue weighted by atomic mass is 16.8. The molecule has 4 heterocycles. The third-order valence-corrected chi connectivity index (χ3v) is 6.13. The lowest BCUT2D eigenvalue weighted by atomic mass is 9.83. The van der Waals surface area contributed by atoms with Gasteiger partial charge in [-0.05, 0) is 42.0 Å². The number of nitrogens with zero attached hydrogens (tertiary/aromatic N) is 4. The molecule has 2 aliphatic rings. The summed E-state index contributed by atoms with van der Waals surface area (Å²) in [6.07, 6.45) is 2.85. The van der Waals surface area contributed by atoms with Crippen LogP contribution in [0.25, 0.3) is 10.9 Å². The van der Waals surface area contributed by atoms with Crippen LogP contribution in [0.5, 0.6) is 0 Å². The van der Waals surface area contributed by atoms with Gasteiger partial charge in [-0.3, -0.25) is 14.8 Å². The molecule has 8 nitrogen and oxygen atoms in total. The Hall–Kier alpha value is -3.10. The van der Waals surface area contributed by atoms with E-state index in [1.807, 2.05) is 46.0 Å². The Kier molecular flexibility index (Phi) is 4.18. The first-order valence-corrected chi connectivity index (χ1v) is 9.73. The Bertz CT molecular complexity index is 1150. The lowest BCUT2D eigenvalue weighted by Gasteiger charge is -2.43. The molecular weight excluding hydrogens is 372 g/mol. The molecule has 5 rings (SSSR count). The number of anilines is 1. The molecule has 2 atom stereocenters. The molecule has 0 spiro atoms. The highest BCUT2D eigenvalue weighted by Crippen LogP contribution is 2.35. The van der Waals surface area contributed by atoms with Crippen molar-refractivity contribution in [2.24, 2.45) is 5.92 Å². The third kappa shape index (κ3) is 3.01. The summed E-state index contributed by atoms with van der Waals surface area (Å²) >= 11 is 0. The second kappa shape index (κ2) is 6.75. The molecule has 0 radical (unpaired) electrons. The van der Waals surface area contributed by atoms with E-state index >= 15 is 0 Å². The number of benzene rings is 1. The van der Waals surface area contributed by atoms with Crippen LogP contribution >= 0.6 is 0 Å². The number of rotatable bonds is 3. The van der Waals surface area contributed by atoms with Crippen molar-refractivity contribution in [3.05, 3.63) is 69.9 Å². The Morgan fingerprint density at radius 3 is 2.79 bits per heavy atom. The molecule has 1 aromatic carbocycles. The number of piperidine rings is 1. The molecule has 8 heteroatoms. The van der Waals surface area contributed by atoms with Gasteiger partial charge in [0.25, 0.3) is 5.56 Å². The van der Waals surface area contributed by atoms with Crippen LogP contribution in [0.15, 0.2) is 53.5 Å². The number of pyridine rings is 1. The zero-order chi connectivity index (χ0) is 20.1. The molecule has 2 aromatic heterocycles. The lowest BCUT2D eigenvalue weighted by Crippen LogP contribution is -2.50. The van der Waals surface area contributed by atoms with Crippen molar-refractivity contribution < 1.29 is 10.0 Å². The van der Waals surface area contributed by atoms with Gasteiger partial charge in [0.2, 0.25) is 5.91 Å².